The van der Waals surface area contributed by atoms with E-state index in [1.54, 1.807) is 9.42 Å². The van der Waals surface area contributed by atoms with Crippen molar-refractivity contribution >= 4 is 11.7 Å². The standard InChI is InChI=1S/C18H18FN5O3/c1-11-5-15(24-18(22-11)20-10-21-24)16-9-23(3-4-27-16)17(25)12-6-13(19)8-14(7-12)26-2/h5-8,10,16H,3-4,9H2,1-2H3. The Morgan fingerprint density at radius 3 is 3.00 bits per heavy atom. The molecular formula is C18H18FN5O3. The van der Waals surface area contributed by atoms with E-state index in [1.807, 2.05) is 13.0 Å². The summed E-state index contributed by atoms with van der Waals surface area (Å²) in [7, 11) is 1.43. The first kappa shape index (κ1) is 17.3. The number of carbonyl (C=O) groups excluding carboxylic acids is 1. The minimum absolute atomic E-state index is 0.240. The van der Waals surface area contributed by atoms with Crippen molar-refractivity contribution in [2.24, 2.45) is 0 Å². The van der Waals surface area contributed by atoms with Crippen molar-refractivity contribution in [3.8, 4) is 5.75 Å². The maximum Gasteiger partial charge on any atom is 0.254 e. The highest BCUT2D eigenvalue weighted by Gasteiger charge is 2.29. The molecular weight excluding hydrogens is 353 g/mol. The summed E-state index contributed by atoms with van der Waals surface area (Å²) in [5, 5.41) is 4.19. The summed E-state index contributed by atoms with van der Waals surface area (Å²) in [6, 6.07) is 5.84. The van der Waals surface area contributed by atoms with Crippen LogP contribution in [0.15, 0.2) is 30.6 Å². The summed E-state index contributed by atoms with van der Waals surface area (Å²) in [4.78, 5) is 23.0. The van der Waals surface area contributed by atoms with Gasteiger partial charge in [-0.1, -0.05) is 0 Å². The number of rotatable bonds is 3. The summed E-state index contributed by atoms with van der Waals surface area (Å²) in [5.74, 6) is -0.0116. The third-order valence-electron chi connectivity index (χ3n) is 4.44. The highest BCUT2D eigenvalue weighted by atomic mass is 19.1. The van der Waals surface area contributed by atoms with E-state index < -0.39 is 5.82 Å². The number of morpholine rings is 1. The molecule has 1 unspecified atom stereocenters. The minimum atomic E-state index is -0.517. The van der Waals surface area contributed by atoms with Gasteiger partial charge in [0, 0.05) is 23.9 Å². The molecule has 0 aliphatic carbocycles. The zero-order chi connectivity index (χ0) is 19.0. The molecule has 3 heterocycles. The maximum atomic E-state index is 13.8. The smallest absolute Gasteiger partial charge is 0.254 e. The van der Waals surface area contributed by atoms with Crippen LogP contribution in [0, 0.1) is 12.7 Å². The molecule has 1 saturated heterocycles. The van der Waals surface area contributed by atoms with Gasteiger partial charge in [0.05, 0.1) is 26.0 Å². The van der Waals surface area contributed by atoms with Crippen molar-refractivity contribution in [1.82, 2.24) is 24.5 Å². The third-order valence-corrected chi connectivity index (χ3v) is 4.44. The van der Waals surface area contributed by atoms with Gasteiger partial charge < -0.3 is 14.4 Å². The SMILES string of the molecule is COc1cc(F)cc(C(=O)N2CCOC(c3cc(C)nc4ncnn34)C2)c1. The maximum absolute atomic E-state index is 13.8. The molecule has 4 rings (SSSR count). The van der Waals surface area contributed by atoms with E-state index in [1.165, 1.54) is 31.6 Å². The number of hydrogen-bond donors (Lipinski definition) is 0. The number of hydrogen-bond acceptors (Lipinski definition) is 6. The lowest BCUT2D eigenvalue weighted by Crippen LogP contribution is -2.42. The highest BCUT2D eigenvalue weighted by molar-refractivity contribution is 5.94. The Kier molecular flexibility index (Phi) is 4.44. The number of halogens is 1. The van der Waals surface area contributed by atoms with Crippen molar-refractivity contribution in [2.45, 2.75) is 13.0 Å². The molecule has 27 heavy (non-hydrogen) atoms. The summed E-state index contributed by atoms with van der Waals surface area (Å²) in [6.07, 6.45) is 1.04. The number of ether oxygens (including phenoxy) is 2. The van der Waals surface area contributed by atoms with E-state index in [9.17, 15) is 9.18 Å². The lowest BCUT2D eigenvalue weighted by molar-refractivity contribution is -0.0257. The molecule has 0 N–H and O–H groups in total. The third kappa shape index (κ3) is 3.33. The molecule has 0 radical (unpaired) electrons. The molecule has 9 heteroatoms. The Bertz CT molecular complexity index is 1010. The number of fused-ring (bicyclic) bond motifs is 1. The van der Waals surface area contributed by atoms with Crippen molar-refractivity contribution in [1.29, 1.82) is 0 Å². The molecule has 0 bridgehead atoms. The molecule has 1 aliphatic rings. The van der Waals surface area contributed by atoms with Crippen LogP contribution < -0.4 is 4.74 Å². The topological polar surface area (TPSA) is 81.8 Å². The molecule has 1 amide bonds. The van der Waals surface area contributed by atoms with E-state index in [2.05, 4.69) is 15.1 Å². The molecule has 1 fully saturated rings. The largest absolute Gasteiger partial charge is 0.497 e. The van der Waals surface area contributed by atoms with Crippen LogP contribution in [-0.4, -0.2) is 57.2 Å². The van der Waals surface area contributed by atoms with Crippen LogP contribution in [0.4, 0.5) is 4.39 Å². The predicted molar refractivity (Wildman–Crippen MR) is 93.1 cm³/mol. The molecule has 140 valence electrons. The molecule has 1 aromatic carbocycles. The fourth-order valence-corrected chi connectivity index (χ4v) is 3.19. The highest BCUT2D eigenvalue weighted by Crippen LogP contribution is 2.25. The molecule has 1 aliphatic heterocycles. The van der Waals surface area contributed by atoms with Crippen LogP contribution in [-0.2, 0) is 4.74 Å². The molecule has 1 atom stereocenters. The number of carbonyl (C=O) groups is 1. The number of amides is 1. The van der Waals surface area contributed by atoms with Crippen LogP contribution in [0.3, 0.4) is 0 Å². The van der Waals surface area contributed by atoms with E-state index >= 15 is 0 Å². The van der Waals surface area contributed by atoms with Crippen molar-refractivity contribution in [2.75, 3.05) is 26.8 Å². The van der Waals surface area contributed by atoms with Gasteiger partial charge >= 0.3 is 0 Å². The van der Waals surface area contributed by atoms with Crippen molar-refractivity contribution < 1.29 is 18.7 Å². The summed E-state index contributed by atoms with van der Waals surface area (Å²) < 4.78 is 26.3. The number of nitrogens with zero attached hydrogens (tertiary/aromatic N) is 5. The lowest BCUT2D eigenvalue weighted by atomic mass is 10.1. The van der Waals surface area contributed by atoms with Gasteiger partial charge in [-0.05, 0) is 25.1 Å². The number of aromatic nitrogens is 4. The first-order valence-electron chi connectivity index (χ1n) is 8.48. The van der Waals surface area contributed by atoms with Gasteiger partial charge in [0.1, 0.15) is 24.0 Å². The zero-order valence-electron chi connectivity index (χ0n) is 14.9. The van der Waals surface area contributed by atoms with Gasteiger partial charge in [-0.3, -0.25) is 4.79 Å². The van der Waals surface area contributed by atoms with Crippen molar-refractivity contribution in [3.63, 3.8) is 0 Å². The van der Waals surface area contributed by atoms with Crippen LogP contribution in [0.1, 0.15) is 27.8 Å². The Balaban J connectivity index is 1.62. The zero-order valence-corrected chi connectivity index (χ0v) is 14.9. The number of methoxy groups -OCH3 is 1. The second-order valence-corrected chi connectivity index (χ2v) is 6.28. The lowest BCUT2D eigenvalue weighted by Gasteiger charge is -2.33. The van der Waals surface area contributed by atoms with E-state index in [0.29, 0.717) is 31.2 Å². The van der Waals surface area contributed by atoms with E-state index in [4.69, 9.17) is 9.47 Å². The van der Waals surface area contributed by atoms with Gasteiger partial charge in [0.25, 0.3) is 11.7 Å². The Morgan fingerprint density at radius 2 is 2.19 bits per heavy atom. The molecule has 0 saturated carbocycles. The number of benzene rings is 1. The molecule has 8 nitrogen and oxygen atoms in total. The molecule has 3 aromatic rings. The summed E-state index contributed by atoms with van der Waals surface area (Å²) in [5.41, 5.74) is 1.79. The normalized spacial score (nSPS) is 17.3. The van der Waals surface area contributed by atoms with Gasteiger partial charge in [-0.2, -0.15) is 14.6 Å². The molecule has 2 aromatic heterocycles. The minimum Gasteiger partial charge on any atom is -0.497 e. The van der Waals surface area contributed by atoms with Crippen LogP contribution >= 0.6 is 0 Å². The van der Waals surface area contributed by atoms with Crippen LogP contribution in [0.5, 0.6) is 5.75 Å². The van der Waals surface area contributed by atoms with Gasteiger partial charge in [0.15, 0.2) is 0 Å². The van der Waals surface area contributed by atoms with Gasteiger partial charge in [-0.25, -0.2) is 9.37 Å². The Morgan fingerprint density at radius 1 is 1.33 bits per heavy atom. The van der Waals surface area contributed by atoms with Crippen molar-refractivity contribution in [3.05, 3.63) is 53.4 Å². The fourth-order valence-electron chi connectivity index (χ4n) is 3.19. The predicted octanol–water partition coefficient (Wildman–Crippen LogP) is 1.79. The Labute approximate surface area is 154 Å². The summed E-state index contributed by atoms with van der Waals surface area (Å²) in [6.45, 7) is 2.96. The van der Waals surface area contributed by atoms with Crippen LogP contribution in [0.2, 0.25) is 0 Å². The second kappa shape index (κ2) is 6.92. The Hall–Kier alpha value is -3.07. The second-order valence-electron chi connectivity index (χ2n) is 6.28. The summed E-state index contributed by atoms with van der Waals surface area (Å²) >= 11 is 0. The first-order valence-corrected chi connectivity index (χ1v) is 8.48. The van der Waals surface area contributed by atoms with Gasteiger partial charge in [-0.15, -0.1) is 0 Å². The fraction of sp³-hybridized carbons (Fsp3) is 0.333. The first-order chi connectivity index (χ1) is 13.0. The molecule has 0 spiro atoms. The average Bonchev–Trinajstić information content (AvgIpc) is 3.14. The number of aryl methyl sites for hydroxylation is 1. The monoisotopic (exact) mass is 371 g/mol. The van der Waals surface area contributed by atoms with E-state index in [-0.39, 0.29) is 17.6 Å². The van der Waals surface area contributed by atoms with Crippen LogP contribution in [0.25, 0.3) is 5.78 Å². The average molecular weight is 371 g/mol. The van der Waals surface area contributed by atoms with E-state index in [0.717, 1.165) is 11.4 Å². The quantitative estimate of drug-likeness (QED) is 0.698. The van der Waals surface area contributed by atoms with Gasteiger partial charge in [0.2, 0.25) is 0 Å².